The second-order valence-corrected chi connectivity index (χ2v) is 6.71. The van der Waals surface area contributed by atoms with Crippen LogP contribution in [0.5, 0.6) is 11.5 Å². The molecule has 1 aromatic heterocycles. The van der Waals surface area contributed by atoms with Gasteiger partial charge in [-0.25, -0.2) is 4.98 Å². The fraction of sp³-hybridized carbons (Fsp3) is 0.368. The minimum Gasteiger partial charge on any atom is -0.489 e. The quantitative estimate of drug-likeness (QED) is 0.810. The van der Waals surface area contributed by atoms with E-state index >= 15 is 0 Å². The molecule has 4 rings (SSSR count). The molecule has 136 valence electrons. The molecule has 26 heavy (non-hydrogen) atoms. The zero-order chi connectivity index (χ0) is 17.9. The molecule has 0 spiro atoms. The number of carbonyl (C=O) groups excluding carboxylic acids is 1. The van der Waals surface area contributed by atoms with Crippen LogP contribution >= 0.6 is 11.6 Å². The number of amides is 1. The molecule has 0 N–H and O–H groups in total. The van der Waals surface area contributed by atoms with E-state index in [0.29, 0.717) is 48.4 Å². The molecule has 1 amide bonds. The number of rotatable bonds is 2. The van der Waals surface area contributed by atoms with Crippen molar-refractivity contribution in [2.75, 3.05) is 44.3 Å². The van der Waals surface area contributed by atoms with E-state index in [9.17, 15) is 4.79 Å². The van der Waals surface area contributed by atoms with Gasteiger partial charge < -0.3 is 19.3 Å². The Morgan fingerprint density at radius 2 is 1.88 bits per heavy atom. The monoisotopic (exact) mass is 373 g/mol. The Hall–Kier alpha value is -2.47. The molecule has 0 saturated carbocycles. The Morgan fingerprint density at radius 1 is 1.08 bits per heavy atom. The van der Waals surface area contributed by atoms with Crippen LogP contribution in [0, 0.1) is 0 Å². The zero-order valence-electron chi connectivity index (χ0n) is 14.4. The van der Waals surface area contributed by atoms with Crippen LogP contribution in [0.3, 0.4) is 0 Å². The van der Waals surface area contributed by atoms with Gasteiger partial charge in [-0.3, -0.25) is 4.79 Å². The van der Waals surface area contributed by atoms with Gasteiger partial charge in [-0.2, -0.15) is 0 Å². The highest BCUT2D eigenvalue weighted by Crippen LogP contribution is 2.38. The van der Waals surface area contributed by atoms with Gasteiger partial charge in [0, 0.05) is 44.4 Å². The molecule has 2 aromatic rings. The van der Waals surface area contributed by atoms with Crippen molar-refractivity contribution in [2.24, 2.45) is 0 Å². The molecule has 1 saturated heterocycles. The van der Waals surface area contributed by atoms with Crippen molar-refractivity contribution in [3.63, 3.8) is 0 Å². The Kier molecular flexibility index (Phi) is 4.84. The molecule has 7 heteroatoms. The van der Waals surface area contributed by atoms with Crippen LogP contribution in [-0.2, 0) is 0 Å². The summed E-state index contributed by atoms with van der Waals surface area (Å²) >= 11 is 6.31. The van der Waals surface area contributed by atoms with E-state index in [4.69, 9.17) is 21.1 Å². The number of nitrogens with zero attached hydrogens (tertiary/aromatic N) is 3. The second-order valence-electron chi connectivity index (χ2n) is 6.30. The van der Waals surface area contributed by atoms with Gasteiger partial charge >= 0.3 is 0 Å². The van der Waals surface area contributed by atoms with Crippen LogP contribution in [-0.4, -0.2) is 55.2 Å². The molecule has 0 atom stereocenters. The standard InChI is InChI=1S/C19H20ClN3O3/c20-15-12-14(13-16-18(15)26-11-3-10-25-16)19(24)23-8-6-22(7-9-23)17-4-1-2-5-21-17/h1-2,4-5,12-13H,3,6-11H2. The molecule has 0 radical (unpaired) electrons. The summed E-state index contributed by atoms with van der Waals surface area (Å²) in [5.41, 5.74) is 0.533. The van der Waals surface area contributed by atoms with Gasteiger partial charge in [0.05, 0.1) is 18.2 Å². The summed E-state index contributed by atoms with van der Waals surface area (Å²) in [5, 5.41) is 0.417. The minimum atomic E-state index is -0.0387. The predicted octanol–water partition coefficient (Wildman–Crippen LogP) is 2.86. The normalized spacial score (nSPS) is 17.0. The maximum absolute atomic E-state index is 12.9. The average Bonchev–Trinajstić information content (AvgIpc) is 2.94. The number of aromatic nitrogens is 1. The van der Waals surface area contributed by atoms with Gasteiger partial charge in [-0.15, -0.1) is 0 Å². The van der Waals surface area contributed by atoms with E-state index in [0.717, 1.165) is 25.3 Å². The van der Waals surface area contributed by atoms with Crippen molar-refractivity contribution in [1.29, 1.82) is 0 Å². The molecule has 1 fully saturated rings. The highest BCUT2D eigenvalue weighted by atomic mass is 35.5. The van der Waals surface area contributed by atoms with Crippen LogP contribution in [0.4, 0.5) is 5.82 Å². The predicted molar refractivity (Wildman–Crippen MR) is 99.4 cm³/mol. The van der Waals surface area contributed by atoms with Crippen molar-refractivity contribution in [1.82, 2.24) is 9.88 Å². The summed E-state index contributed by atoms with van der Waals surface area (Å²) < 4.78 is 11.3. The molecule has 0 aliphatic carbocycles. The topological polar surface area (TPSA) is 54.9 Å². The molecule has 6 nitrogen and oxygen atoms in total. The Labute approximate surface area is 157 Å². The molecule has 0 unspecified atom stereocenters. The number of carbonyl (C=O) groups is 1. The number of pyridine rings is 1. The van der Waals surface area contributed by atoms with Crippen molar-refractivity contribution < 1.29 is 14.3 Å². The lowest BCUT2D eigenvalue weighted by molar-refractivity contribution is 0.0746. The van der Waals surface area contributed by atoms with Crippen molar-refractivity contribution in [3.8, 4) is 11.5 Å². The van der Waals surface area contributed by atoms with E-state index in [-0.39, 0.29) is 5.91 Å². The Balaban J connectivity index is 1.47. The maximum Gasteiger partial charge on any atom is 0.254 e. The van der Waals surface area contributed by atoms with Gasteiger partial charge in [0.1, 0.15) is 5.82 Å². The first kappa shape index (κ1) is 17.0. The lowest BCUT2D eigenvalue weighted by atomic mass is 10.1. The van der Waals surface area contributed by atoms with E-state index in [2.05, 4.69) is 9.88 Å². The zero-order valence-corrected chi connectivity index (χ0v) is 15.1. The van der Waals surface area contributed by atoms with Gasteiger partial charge in [-0.05, 0) is 24.3 Å². The highest BCUT2D eigenvalue weighted by Gasteiger charge is 2.25. The van der Waals surface area contributed by atoms with Crippen LogP contribution < -0.4 is 14.4 Å². The summed E-state index contributed by atoms with van der Waals surface area (Å²) in [6.07, 6.45) is 2.58. The van der Waals surface area contributed by atoms with E-state index in [1.807, 2.05) is 23.1 Å². The van der Waals surface area contributed by atoms with Crippen LogP contribution in [0.25, 0.3) is 0 Å². The molecule has 1 aromatic carbocycles. The summed E-state index contributed by atoms with van der Waals surface area (Å²) in [6.45, 7) is 3.91. The van der Waals surface area contributed by atoms with Crippen LogP contribution in [0.2, 0.25) is 5.02 Å². The first-order valence-electron chi connectivity index (χ1n) is 8.77. The third-order valence-electron chi connectivity index (χ3n) is 4.59. The summed E-state index contributed by atoms with van der Waals surface area (Å²) in [6, 6.07) is 9.26. The van der Waals surface area contributed by atoms with E-state index in [1.54, 1.807) is 18.3 Å². The molecular formula is C19H20ClN3O3. The number of fused-ring (bicyclic) bond motifs is 1. The fourth-order valence-electron chi connectivity index (χ4n) is 3.22. The fourth-order valence-corrected chi connectivity index (χ4v) is 3.48. The largest absolute Gasteiger partial charge is 0.489 e. The number of ether oxygens (including phenoxy) is 2. The Morgan fingerprint density at radius 3 is 2.65 bits per heavy atom. The average molecular weight is 374 g/mol. The van der Waals surface area contributed by atoms with Gasteiger partial charge in [0.25, 0.3) is 5.91 Å². The smallest absolute Gasteiger partial charge is 0.254 e. The van der Waals surface area contributed by atoms with Crippen molar-refractivity contribution in [3.05, 3.63) is 47.1 Å². The highest BCUT2D eigenvalue weighted by molar-refractivity contribution is 6.32. The number of hydrogen-bond acceptors (Lipinski definition) is 5. The van der Waals surface area contributed by atoms with E-state index in [1.165, 1.54) is 0 Å². The number of halogens is 1. The van der Waals surface area contributed by atoms with Crippen molar-refractivity contribution in [2.45, 2.75) is 6.42 Å². The van der Waals surface area contributed by atoms with Gasteiger partial charge in [0.2, 0.25) is 0 Å². The summed E-state index contributed by atoms with van der Waals surface area (Å²) in [7, 11) is 0. The Bertz CT molecular complexity index is 792. The molecule has 3 heterocycles. The lowest BCUT2D eigenvalue weighted by Gasteiger charge is -2.35. The second kappa shape index (κ2) is 7.41. The lowest BCUT2D eigenvalue weighted by Crippen LogP contribution is -2.49. The third kappa shape index (κ3) is 3.42. The number of anilines is 1. The molecule has 2 aliphatic rings. The maximum atomic E-state index is 12.9. The number of hydrogen-bond donors (Lipinski definition) is 0. The first-order chi connectivity index (χ1) is 12.7. The summed E-state index contributed by atoms with van der Waals surface area (Å²) in [5.74, 6) is 1.98. The molecule has 0 bridgehead atoms. The SMILES string of the molecule is O=C(c1cc(Cl)c2c(c1)OCCCO2)N1CCN(c2ccccn2)CC1. The number of benzene rings is 1. The van der Waals surface area contributed by atoms with E-state index < -0.39 is 0 Å². The van der Waals surface area contributed by atoms with Gasteiger partial charge in [0.15, 0.2) is 11.5 Å². The number of piperazine rings is 1. The van der Waals surface area contributed by atoms with Crippen molar-refractivity contribution >= 4 is 23.3 Å². The molecular weight excluding hydrogens is 354 g/mol. The minimum absolute atomic E-state index is 0.0387. The third-order valence-corrected chi connectivity index (χ3v) is 4.87. The summed E-state index contributed by atoms with van der Waals surface area (Å²) in [4.78, 5) is 21.3. The van der Waals surface area contributed by atoms with Gasteiger partial charge in [-0.1, -0.05) is 17.7 Å². The van der Waals surface area contributed by atoms with Crippen LogP contribution in [0.1, 0.15) is 16.8 Å². The first-order valence-corrected chi connectivity index (χ1v) is 9.14. The molecule has 2 aliphatic heterocycles. The van der Waals surface area contributed by atoms with Crippen LogP contribution in [0.15, 0.2) is 36.5 Å².